The molecule has 0 bridgehead atoms. The molecule has 0 heterocycles. The summed E-state index contributed by atoms with van der Waals surface area (Å²) in [5.74, 6) is 0. The van der Waals surface area contributed by atoms with Gasteiger partial charge < -0.3 is 5.32 Å². The molecule has 0 unspecified atom stereocenters. The molecule has 0 spiro atoms. The highest BCUT2D eigenvalue weighted by atomic mass is 14.9. The molecule has 0 aromatic rings. The van der Waals surface area contributed by atoms with Crippen LogP contribution in [0.5, 0.6) is 0 Å². The van der Waals surface area contributed by atoms with Gasteiger partial charge in [0.05, 0.1) is 0 Å². The third-order valence-electron chi connectivity index (χ3n) is 1.08. The molecule has 1 saturated carbocycles. The van der Waals surface area contributed by atoms with Gasteiger partial charge in [-0.25, -0.2) is 0 Å². The smallest absolute Gasteiger partial charge is 0.0257 e. The quantitative estimate of drug-likeness (QED) is 0.547. The monoisotopic (exact) mass is 97.1 g/mol. The van der Waals surface area contributed by atoms with Gasteiger partial charge in [0.2, 0.25) is 0 Å². The minimum Gasteiger partial charge on any atom is -0.388 e. The minimum atomic E-state index is 0.816. The predicted octanol–water partition coefficient (Wildman–Crippen LogP) is 1.27. The summed E-state index contributed by atoms with van der Waals surface area (Å²) < 4.78 is 0. The van der Waals surface area contributed by atoms with Crippen molar-refractivity contribution in [3.63, 3.8) is 0 Å². The summed E-state index contributed by atoms with van der Waals surface area (Å²) in [6.07, 6.45) is 6.77. The molecule has 1 nitrogen and oxygen atoms in total. The lowest BCUT2D eigenvalue weighted by atomic mass is 10.6. The van der Waals surface area contributed by atoms with Gasteiger partial charge in [0, 0.05) is 6.04 Å². The zero-order chi connectivity index (χ0) is 5.11. The van der Waals surface area contributed by atoms with Crippen molar-refractivity contribution < 1.29 is 0 Å². The molecule has 1 aliphatic rings. The maximum absolute atomic E-state index is 3.23. The minimum absolute atomic E-state index is 0.816. The molecule has 1 aliphatic carbocycles. The van der Waals surface area contributed by atoms with E-state index < -0.39 is 0 Å². The molecule has 0 saturated heterocycles. The third kappa shape index (κ3) is 1.62. The molecule has 1 N–H and O–H groups in total. The fourth-order valence-electron chi connectivity index (χ4n) is 0.482. The van der Waals surface area contributed by atoms with E-state index in [1.54, 1.807) is 0 Å². The van der Waals surface area contributed by atoms with Crippen molar-refractivity contribution in [2.75, 3.05) is 0 Å². The lowest BCUT2D eigenvalue weighted by Crippen LogP contribution is -2.05. The standard InChI is InChI=1S/C6H11N/c1-2-5-7-6-3-4-6/h2,5-7H,3-4H2,1H3. The van der Waals surface area contributed by atoms with Gasteiger partial charge in [-0.15, -0.1) is 0 Å². The summed E-state index contributed by atoms with van der Waals surface area (Å²) in [4.78, 5) is 0. The maximum atomic E-state index is 3.23. The van der Waals surface area contributed by atoms with E-state index in [2.05, 4.69) is 5.32 Å². The summed E-state index contributed by atoms with van der Waals surface area (Å²) in [5.41, 5.74) is 0. The second-order valence-corrected chi connectivity index (χ2v) is 1.94. The van der Waals surface area contributed by atoms with E-state index in [-0.39, 0.29) is 0 Å². The van der Waals surface area contributed by atoms with E-state index in [1.165, 1.54) is 12.8 Å². The Kier molecular flexibility index (Phi) is 1.35. The van der Waals surface area contributed by atoms with Crippen LogP contribution >= 0.6 is 0 Å². The van der Waals surface area contributed by atoms with Crippen LogP contribution in [-0.2, 0) is 0 Å². The maximum Gasteiger partial charge on any atom is 0.0257 e. The number of rotatable bonds is 2. The second-order valence-electron chi connectivity index (χ2n) is 1.94. The molecular weight excluding hydrogens is 86.1 g/mol. The molecule has 0 aliphatic heterocycles. The van der Waals surface area contributed by atoms with Crippen molar-refractivity contribution in [3.05, 3.63) is 12.3 Å². The first-order valence-corrected chi connectivity index (χ1v) is 2.80. The molecule has 1 rings (SSSR count). The topological polar surface area (TPSA) is 12.0 Å². The van der Waals surface area contributed by atoms with Crippen LogP contribution in [0.4, 0.5) is 0 Å². The zero-order valence-electron chi connectivity index (χ0n) is 4.65. The average Bonchev–Trinajstić information content (AvgIpc) is 2.42. The summed E-state index contributed by atoms with van der Waals surface area (Å²) in [7, 11) is 0. The Morgan fingerprint density at radius 3 is 2.71 bits per heavy atom. The van der Waals surface area contributed by atoms with Crippen molar-refractivity contribution in [1.82, 2.24) is 5.32 Å². The first-order chi connectivity index (χ1) is 3.43. The van der Waals surface area contributed by atoms with Crippen LogP contribution in [0.3, 0.4) is 0 Å². The zero-order valence-corrected chi connectivity index (χ0v) is 4.65. The molecule has 1 fully saturated rings. The SMILES string of the molecule is CC=CNC1CC1. The number of allylic oxidation sites excluding steroid dienone is 1. The van der Waals surface area contributed by atoms with Crippen LogP contribution in [0, 0.1) is 0 Å². The van der Waals surface area contributed by atoms with Gasteiger partial charge in [-0.2, -0.15) is 0 Å². The van der Waals surface area contributed by atoms with Crippen molar-refractivity contribution in [1.29, 1.82) is 0 Å². The molecule has 0 atom stereocenters. The Hall–Kier alpha value is -0.460. The normalized spacial score (nSPS) is 20.7. The summed E-state index contributed by atoms with van der Waals surface area (Å²) in [6.45, 7) is 2.02. The van der Waals surface area contributed by atoms with Gasteiger partial charge in [0.1, 0.15) is 0 Å². The molecule has 0 aromatic carbocycles. The number of hydrogen-bond acceptors (Lipinski definition) is 1. The van der Waals surface area contributed by atoms with E-state index >= 15 is 0 Å². The van der Waals surface area contributed by atoms with Crippen molar-refractivity contribution in [2.45, 2.75) is 25.8 Å². The summed E-state index contributed by atoms with van der Waals surface area (Å²) in [6, 6.07) is 0.816. The first-order valence-electron chi connectivity index (χ1n) is 2.80. The van der Waals surface area contributed by atoms with Gasteiger partial charge in [-0.1, -0.05) is 6.08 Å². The Bertz CT molecular complexity index is 72.2. The van der Waals surface area contributed by atoms with Gasteiger partial charge in [0.15, 0.2) is 0 Å². The molecule has 0 amide bonds. The lowest BCUT2D eigenvalue weighted by molar-refractivity contribution is 0.861. The Morgan fingerprint density at radius 1 is 1.57 bits per heavy atom. The van der Waals surface area contributed by atoms with Gasteiger partial charge in [-0.3, -0.25) is 0 Å². The van der Waals surface area contributed by atoms with Crippen LogP contribution in [0.25, 0.3) is 0 Å². The van der Waals surface area contributed by atoms with Crippen molar-refractivity contribution >= 4 is 0 Å². The van der Waals surface area contributed by atoms with Crippen LogP contribution in [0.2, 0.25) is 0 Å². The third-order valence-corrected chi connectivity index (χ3v) is 1.08. The molecular formula is C6H11N. The highest BCUT2D eigenvalue weighted by molar-refractivity contribution is 4.87. The highest BCUT2D eigenvalue weighted by Gasteiger charge is 2.18. The molecule has 7 heavy (non-hydrogen) atoms. The average molecular weight is 97.2 g/mol. The van der Waals surface area contributed by atoms with E-state index in [9.17, 15) is 0 Å². The largest absolute Gasteiger partial charge is 0.388 e. The number of hydrogen-bond donors (Lipinski definition) is 1. The van der Waals surface area contributed by atoms with Crippen molar-refractivity contribution in [3.8, 4) is 0 Å². The van der Waals surface area contributed by atoms with Crippen LogP contribution in [0.15, 0.2) is 12.3 Å². The predicted molar refractivity (Wildman–Crippen MR) is 31.0 cm³/mol. The molecule has 40 valence electrons. The fraction of sp³-hybridized carbons (Fsp3) is 0.667. The van der Waals surface area contributed by atoms with Gasteiger partial charge >= 0.3 is 0 Å². The van der Waals surface area contributed by atoms with E-state index in [1.807, 2.05) is 19.2 Å². The lowest BCUT2D eigenvalue weighted by Gasteiger charge is -1.89. The second kappa shape index (κ2) is 2.01. The van der Waals surface area contributed by atoms with E-state index in [0.717, 1.165) is 6.04 Å². The van der Waals surface area contributed by atoms with Crippen molar-refractivity contribution in [2.24, 2.45) is 0 Å². The van der Waals surface area contributed by atoms with Crippen LogP contribution in [-0.4, -0.2) is 6.04 Å². The van der Waals surface area contributed by atoms with Crippen LogP contribution in [0.1, 0.15) is 19.8 Å². The Labute approximate surface area is 44.4 Å². The highest BCUT2D eigenvalue weighted by Crippen LogP contribution is 2.18. The van der Waals surface area contributed by atoms with Gasteiger partial charge in [-0.05, 0) is 26.0 Å². The fourth-order valence-corrected chi connectivity index (χ4v) is 0.482. The molecule has 0 aromatic heterocycles. The van der Waals surface area contributed by atoms with E-state index in [0.29, 0.717) is 0 Å². The molecule has 1 heteroatoms. The summed E-state index contributed by atoms with van der Waals surface area (Å²) in [5, 5.41) is 3.23. The first kappa shape index (κ1) is 4.69. The Balaban J connectivity index is 1.98. The van der Waals surface area contributed by atoms with Gasteiger partial charge in [0.25, 0.3) is 0 Å². The molecule has 0 radical (unpaired) electrons. The number of nitrogens with one attached hydrogen (secondary N) is 1. The Morgan fingerprint density at radius 2 is 2.29 bits per heavy atom. The van der Waals surface area contributed by atoms with E-state index in [4.69, 9.17) is 0 Å². The summed E-state index contributed by atoms with van der Waals surface area (Å²) >= 11 is 0. The van der Waals surface area contributed by atoms with Crippen LogP contribution < -0.4 is 5.32 Å².